The highest BCUT2D eigenvalue weighted by Gasteiger charge is 2.19. The fourth-order valence-corrected chi connectivity index (χ4v) is 1.64. The number of carboxylic acid groups (broad SMARTS) is 1. The number of rotatable bonds is 2. The van der Waals surface area contributed by atoms with Crippen molar-refractivity contribution >= 4 is 12.0 Å². The van der Waals surface area contributed by atoms with Crippen molar-refractivity contribution in [3.8, 4) is 5.75 Å². The Labute approximate surface area is 101 Å². The zero-order chi connectivity index (χ0) is 13.2. The lowest BCUT2D eigenvalue weighted by Gasteiger charge is -2.22. The second-order valence-electron chi connectivity index (χ2n) is 5.16. The lowest BCUT2D eigenvalue weighted by atomic mass is 9.84. The van der Waals surface area contributed by atoms with Crippen LogP contribution in [0, 0.1) is 6.92 Å². The van der Waals surface area contributed by atoms with Gasteiger partial charge >= 0.3 is 5.97 Å². The van der Waals surface area contributed by atoms with Gasteiger partial charge in [0, 0.05) is 11.6 Å². The fourth-order valence-electron chi connectivity index (χ4n) is 1.64. The summed E-state index contributed by atoms with van der Waals surface area (Å²) in [5, 5.41) is 18.6. The van der Waals surface area contributed by atoms with Crippen molar-refractivity contribution in [2.45, 2.75) is 33.1 Å². The van der Waals surface area contributed by atoms with E-state index in [9.17, 15) is 9.90 Å². The van der Waals surface area contributed by atoms with Crippen LogP contribution in [0.4, 0.5) is 0 Å². The zero-order valence-electron chi connectivity index (χ0n) is 10.6. The van der Waals surface area contributed by atoms with E-state index in [0.29, 0.717) is 0 Å². The van der Waals surface area contributed by atoms with Gasteiger partial charge in [0.05, 0.1) is 0 Å². The van der Waals surface area contributed by atoms with Crippen molar-refractivity contribution < 1.29 is 15.0 Å². The van der Waals surface area contributed by atoms with Gasteiger partial charge in [-0.2, -0.15) is 0 Å². The SMILES string of the molecule is Cc1cc(/C=C/C(=O)O)cc(C(C)(C)C)c1O. The number of aryl methyl sites for hydroxylation is 1. The smallest absolute Gasteiger partial charge is 0.328 e. The highest BCUT2D eigenvalue weighted by atomic mass is 16.4. The Bertz CT molecular complexity index is 465. The average molecular weight is 234 g/mol. The summed E-state index contributed by atoms with van der Waals surface area (Å²) in [7, 11) is 0. The highest BCUT2D eigenvalue weighted by Crippen LogP contribution is 2.34. The molecule has 0 aliphatic heterocycles. The number of carboxylic acids is 1. The fraction of sp³-hybridized carbons (Fsp3) is 0.357. The van der Waals surface area contributed by atoms with Gasteiger partial charge < -0.3 is 10.2 Å². The third kappa shape index (κ3) is 3.34. The van der Waals surface area contributed by atoms with Crippen LogP contribution in [0.1, 0.15) is 37.5 Å². The summed E-state index contributed by atoms with van der Waals surface area (Å²) < 4.78 is 0. The van der Waals surface area contributed by atoms with Crippen LogP contribution in [0.15, 0.2) is 18.2 Å². The highest BCUT2D eigenvalue weighted by molar-refractivity contribution is 5.85. The van der Waals surface area contributed by atoms with E-state index >= 15 is 0 Å². The average Bonchev–Trinajstić information content (AvgIpc) is 2.17. The molecule has 0 saturated heterocycles. The maximum atomic E-state index is 10.5. The van der Waals surface area contributed by atoms with Crippen LogP contribution in [0.2, 0.25) is 0 Å². The molecule has 0 atom stereocenters. The first-order valence-corrected chi connectivity index (χ1v) is 5.47. The molecule has 0 aliphatic carbocycles. The molecule has 0 spiro atoms. The zero-order valence-corrected chi connectivity index (χ0v) is 10.6. The van der Waals surface area contributed by atoms with E-state index in [4.69, 9.17) is 5.11 Å². The van der Waals surface area contributed by atoms with E-state index in [2.05, 4.69) is 0 Å². The van der Waals surface area contributed by atoms with Gasteiger partial charge in [0.2, 0.25) is 0 Å². The third-order valence-electron chi connectivity index (χ3n) is 2.55. The minimum atomic E-state index is -0.979. The maximum Gasteiger partial charge on any atom is 0.328 e. The minimum absolute atomic E-state index is 0.179. The Morgan fingerprint density at radius 1 is 1.29 bits per heavy atom. The first-order valence-electron chi connectivity index (χ1n) is 5.47. The second kappa shape index (κ2) is 4.62. The molecule has 0 aromatic heterocycles. The van der Waals surface area contributed by atoms with Crippen molar-refractivity contribution in [3.05, 3.63) is 34.9 Å². The first-order chi connectivity index (χ1) is 7.71. The summed E-state index contributed by atoms with van der Waals surface area (Å²) in [4.78, 5) is 10.5. The molecule has 0 amide bonds. The molecule has 0 bridgehead atoms. The van der Waals surface area contributed by atoms with Gasteiger partial charge in [-0.3, -0.25) is 0 Å². The van der Waals surface area contributed by atoms with E-state index in [0.717, 1.165) is 22.8 Å². The Hall–Kier alpha value is -1.77. The molecule has 0 radical (unpaired) electrons. The molecule has 1 aromatic carbocycles. The lowest BCUT2D eigenvalue weighted by Crippen LogP contribution is -2.12. The van der Waals surface area contributed by atoms with E-state index in [1.165, 1.54) is 6.08 Å². The Balaban J connectivity index is 3.29. The number of phenols is 1. The molecule has 1 rings (SSSR count). The summed E-state index contributed by atoms with van der Waals surface area (Å²) >= 11 is 0. The lowest BCUT2D eigenvalue weighted by molar-refractivity contribution is -0.131. The topological polar surface area (TPSA) is 57.5 Å². The molecule has 0 fully saturated rings. The largest absolute Gasteiger partial charge is 0.507 e. The Kier molecular flexibility index (Phi) is 3.61. The van der Waals surface area contributed by atoms with Gasteiger partial charge in [-0.25, -0.2) is 4.79 Å². The van der Waals surface area contributed by atoms with Crippen LogP contribution < -0.4 is 0 Å². The third-order valence-corrected chi connectivity index (χ3v) is 2.55. The van der Waals surface area contributed by atoms with Crippen LogP contribution in [0.3, 0.4) is 0 Å². The van der Waals surface area contributed by atoms with Crippen molar-refractivity contribution in [1.82, 2.24) is 0 Å². The Morgan fingerprint density at radius 3 is 2.35 bits per heavy atom. The number of aromatic hydroxyl groups is 1. The number of hydrogen-bond acceptors (Lipinski definition) is 2. The van der Waals surface area contributed by atoms with Gasteiger partial charge in [-0.1, -0.05) is 20.8 Å². The first kappa shape index (κ1) is 13.3. The molecular formula is C14H18O3. The van der Waals surface area contributed by atoms with Crippen LogP contribution in [-0.2, 0) is 10.2 Å². The van der Waals surface area contributed by atoms with Crippen molar-refractivity contribution in [3.63, 3.8) is 0 Å². The molecule has 1 aromatic rings. The van der Waals surface area contributed by atoms with E-state index in [1.807, 2.05) is 33.8 Å². The van der Waals surface area contributed by atoms with Gasteiger partial charge in [-0.15, -0.1) is 0 Å². The predicted molar refractivity (Wildman–Crippen MR) is 68.2 cm³/mol. The standard InChI is InChI=1S/C14H18O3/c1-9-7-10(5-6-12(15)16)8-11(13(9)17)14(2,3)4/h5-8,17H,1-4H3,(H,15,16)/b6-5+. The van der Waals surface area contributed by atoms with E-state index < -0.39 is 5.97 Å². The summed E-state index contributed by atoms with van der Waals surface area (Å²) in [6.45, 7) is 7.83. The minimum Gasteiger partial charge on any atom is -0.507 e. The number of hydrogen-bond donors (Lipinski definition) is 2. The van der Waals surface area contributed by atoms with Crippen LogP contribution in [0.5, 0.6) is 5.75 Å². The molecule has 0 unspecified atom stereocenters. The molecule has 0 saturated carbocycles. The Morgan fingerprint density at radius 2 is 1.88 bits per heavy atom. The molecule has 17 heavy (non-hydrogen) atoms. The van der Waals surface area contributed by atoms with Crippen LogP contribution in [0.25, 0.3) is 6.08 Å². The number of benzene rings is 1. The maximum absolute atomic E-state index is 10.5. The number of aliphatic carboxylic acids is 1. The van der Waals surface area contributed by atoms with Crippen LogP contribution >= 0.6 is 0 Å². The molecule has 3 nitrogen and oxygen atoms in total. The van der Waals surface area contributed by atoms with Crippen molar-refractivity contribution in [2.24, 2.45) is 0 Å². The molecule has 92 valence electrons. The molecule has 0 aliphatic rings. The second-order valence-corrected chi connectivity index (χ2v) is 5.16. The van der Waals surface area contributed by atoms with Gasteiger partial charge in [0.15, 0.2) is 0 Å². The molecular weight excluding hydrogens is 216 g/mol. The molecule has 0 heterocycles. The quantitative estimate of drug-likeness (QED) is 0.773. The monoisotopic (exact) mass is 234 g/mol. The number of carbonyl (C=O) groups is 1. The van der Waals surface area contributed by atoms with Crippen molar-refractivity contribution in [1.29, 1.82) is 0 Å². The van der Waals surface area contributed by atoms with Crippen LogP contribution in [-0.4, -0.2) is 16.2 Å². The van der Waals surface area contributed by atoms with Gasteiger partial charge in [0.25, 0.3) is 0 Å². The number of phenolic OH excluding ortho intramolecular Hbond substituents is 1. The molecule has 3 heteroatoms. The summed E-state index contributed by atoms with van der Waals surface area (Å²) in [6.07, 6.45) is 2.63. The van der Waals surface area contributed by atoms with E-state index in [-0.39, 0.29) is 11.2 Å². The van der Waals surface area contributed by atoms with Gasteiger partial charge in [-0.05, 0) is 41.7 Å². The van der Waals surface area contributed by atoms with E-state index in [1.54, 1.807) is 6.07 Å². The normalized spacial score (nSPS) is 12.0. The summed E-state index contributed by atoms with van der Waals surface area (Å²) in [5.74, 6) is -0.696. The van der Waals surface area contributed by atoms with Crippen molar-refractivity contribution in [2.75, 3.05) is 0 Å². The summed E-state index contributed by atoms with van der Waals surface area (Å²) in [6, 6.07) is 3.59. The predicted octanol–water partition coefficient (Wildman–Crippen LogP) is 3.10. The van der Waals surface area contributed by atoms with Gasteiger partial charge in [0.1, 0.15) is 5.75 Å². The molecule has 2 N–H and O–H groups in total. The summed E-state index contributed by atoms with van der Waals surface area (Å²) in [5.41, 5.74) is 2.18.